The fourth-order valence-corrected chi connectivity index (χ4v) is 1.51. The van der Waals surface area contributed by atoms with Crippen molar-refractivity contribution in [2.45, 2.75) is 6.43 Å². The predicted molar refractivity (Wildman–Crippen MR) is 68.0 cm³/mol. The molecule has 8 heteroatoms. The fourth-order valence-electron chi connectivity index (χ4n) is 1.51. The Kier molecular flexibility index (Phi) is 5.94. The van der Waals surface area contributed by atoms with Crippen LogP contribution in [0.2, 0.25) is 0 Å². The molecule has 1 aromatic carbocycles. The zero-order chi connectivity index (χ0) is 14.3. The number of halogens is 2. The highest BCUT2D eigenvalue weighted by Gasteiger charge is 2.18. The van der Waals surface area contributed by atoms with Gasteiger partial charge in [0, 0.05) is 13.6 Å². The second-order valence-corrected chi connectivity index (χ2v) is 3.60. The van der Waals surface area contributed by atoms with Gasteiger partial charge in [0.1, 0.15) is 18.0 Å². The maximum absolute atomic E-state index is 11.8. The van der Waals surface area contributed by atoms with Crippen LogP contribution in [-0.2, 0) is 4.74 Å². The molecule has 0 fully saturated rings. The van der Waals surface area contributed by atoms with E-state index >= 15 is 0 Å². The van der Waals surface area contributed by atoms with Crippen molar-refractivity contribution >= 4 is 17.1 Å². The van der Waals surface area contributed by atoms with E-state index in [0.29, 0.717) is 11.4 Å². The van der Waals surface area contributed by atoms with Crippen LogP contribution >= 0.6 is 0 Å². The largest absolute Gasteiger partial charge is 0.382 e. The number of para-hydroxylation sites is 1. The van der Waals surface area contributed by atoms with Crippen molar-refractivity contribution < 1.29 is 18.4 Å². The van der Waals surface area contributed by atoms with Crippen LogP contribution in [0.5, 0.6) is 0 Å². The van der Waals surface area contributed by atoms with Crippen molar-refractivity contribution in [2.24, 2.45) is 0 Å². The number of hydrogen-bond acceptors (Lipinski definition) is 5. The molecule has 0 heterocycles. The first-order valence-corrected chi connectivity index (χ1v) is 5.61. The summed E-state index contributed by atoms with van der Waals surface area (Å²) in [7, 11) is 1.58. The molecule has 0 spiro atoms. The highest BCUT2D eigenvalue weighted by molar-refractivity contribution is 5.75. The van der Waals surface area contributed by atoms with Crippen LogP contribution in [-0.4, -0.2) is 38.2 Å². The molecule has 0 saturated carbocycles. The molecule has 106 valence electrons. The Balaban J connectivity index is 2.60. The molecule has 6 nitrogen and oxygen atoms in total. The molecular weight excluding hydrogens is 260 g/mol. The van der Waals surface area contributed by atoms with E-state index in [2.05, 4.69) is 15.4 Å². The molecule has 0 aliphatic carbocycles. The summed E-state index contributed by atoms with van der Waals surface area (Å²) in [5.74, 6) is 0. The highest BCUT2D eigenvalue weighted by Crippen LogP contribution is 2.32. The first-order valence-electron chi connectivity index (χ1n) is 5.61. The Morgan fingerprint density at radius 3 is 2.68 bits per heavy atom. The topological polar surface area (TPSA) is 76.4 Å². The summed E-state index contributed by atoms with van der Waals surface area (Å²) in [5, 5.41) is 16.5. The molecule has 0 atom stereocenters. The molecule has 0 aromatic heterocycles. The lowest BCUT2D eigenvalue weighted by molar-refractivity contribution is -0.383. The Morgan fingerprint density at radius 1 is 1.42 bits per heavy atom. The van der Waals surface area contributed by atoms with Gasteiger partial charge in [-0.3, -0.25) is 10.1 Å². The lowest BCUT2D eigenvalue weighted by atomic mass is 10.2. The van der Waals surface area contributed by atoms with E-state index in [-0.39, 0.29) is 18.8 Å². The molecule has 0 aliphatic rings. The standard InChI is InChI=1S/C11H15F2N3O3/c1-14-8-3-2-4-9(11(8)16(17)18)15-5-6-19-7-10(12)13/h2-4,10,14-15H,5-7H2,1H3. The number of nitro groups is 1. The zero-order valence-electron chi connectivity index (χ0n) is 10.4. The number of alkyl halides is 2. The van der Waals surface area contributed by atoms with E-state index in [0.717, 1.165) is 0 Å². The first-order chi connectivity index (χ1) is 9.06. The van der Waals surface area contributed by atoms with Gasteiger partial charge in [0.05, 0.1) is 11.5 Å². The fraction of sp³-hybridized carbons (Fsp3) is 0.455. The number of hydrogen-bond donors (Lipinski definition) is 2. The van der Waals surface area contributed by atoms with Crippen LogP contribution in [0.25, 0.3) is 0 Å². The van der Waals surface area contributed by atoms with Crippen molar-refractivity contribution in [3.63, 3.8) is 0 Å². The van der Waals surface area contributed by atoms with Crippen molar-refractivity contribution in [1.29, 1.82) is 0 Å². The van der Waals surface area contributed by atoms with Crippen LogP contribution in [0, 0.1) is 10.1 Å². The third kappa shape index (κ3) is 4.66. The Morgan fingerprint density at radius 2 is 2.11 bits per heavy atom. The van der Waals surface area contributed by atoms with Crippen LogP contribution in [0.15, 0.2) is 18.2 Å². The first kappa shape index (κ1) is 15.1. The second-order valence-electron chi connectivity index (χ2n) is 3.60. The molecule has 0 aliphatic heterocycles. The van der Waals surface area contributed by atoms with Crippen LogP contribution in [0.4, 0.5) is 25.8 Å². The molecule has 0 saturated heterocycles. The molecule has 19 heavy (non-hydrogen) atoms. The number of ether oxygens (including phenoxy) is 1. The summed E-state index contributed by atoms with van der Waals surface area (Å²) < 4.78 is 28.3. The van der Waals surface area contributed by atoms with Gasteiger partial charge in [-0.15, -0.1) is 0 Å². The molecule has 0 amide bonds. The monoisotopic (exact) mass is 275 g/mol. The van der Waals surface area contributed by atoms with Crippen molar-refractivity contribution in [1.82, 2.24) is 0 Å². The Hall–Kier alpha value is -1.96. The SMILES string of the molecule is CNc1cccc(NCCOCC(F)F)c1[N+](=O)[O-]. The molecule has 2 N–H and O–H groups in total. The van der Waals surface area contributed by atoms with Crippen LogP contribution < -0.4 is 10.6 Å². The van der Waals surface area contributed by atoms with Gasteiger partial charge in [-0.25, -0.2) is 8.78 Å². The van der Waals surface area contributed by atoms with E-state index in [1.807, 2.05) is 0 Å². The number of nitrogens with zero attached hydrogens (tertiary/aromatic N) is 1. The van der Waals surface area contributed by atoms with Gasteiger partial charge in [0.25, 0.3) is 6.43 Å². The smallest absolute Gasteiger partial charge is 0.315 e. The van der Waals surface area contributed by atoms with E-state index in [1.165, 1.54) is 0 Å². The van der Waals surface area contributed by atoms with Gasteiger partial charge in [-0.2, -0.15) is 0 Å². The number of anilines is 2. The lowest BCUT2D eigenvalue weighted by Crippen LogP contribution is -2.14. The van der Waals surface area contributed by atoms with Gasteiger partial charge in [-0.05, 0) is 12.1 Å². The van der Waals surface area contributed by atoms with Crippen molar-refractivity contribution in [3.8, 4) is 0 Å². The Labute approximate surface area is 108 Å². The van der Waals surface area contributed by atoms with Gasteiger partial charge in [-0.1, -0.05) is 6.07 Å². The normalized spacial score (nSPS) is 10.5. The van der Waals surface area contributed by atoms with Crippen LogP contribution in [0.1, 0.15) is 0 Å². The summed E-state index contributed by atoms with van der Waals surface area (Å²) in [5.41, 5.74) is 0.611. The summed E-state index contributed by atoms with van der Waals surface area (Å²) in [6.07, 6.45) is -2.51. The van der Waals surface area contributed by atoms with E-state index < -0.39 is 18.0 Å². The minimum atomic E-state index is -2.51. The summed E-state index contributed by atoms with van der Waals surface area (Å²) in [4.78, 5) is 10.5. The van der Waals surface area contributed by atoms with Crippen molar-refractivity contribution in [3.05, 3.63) is 28.3 Å². The third-order valence-corrected chi connectivity index (χ3v) is 2.29. The molecule has 0 bridgehead atoms. The summed E-state index contributed by atoms with van der Waals surface area (Å²) >= 11 is 0. The molecule has 0 radical (unpaired) electrons. The van der Waals surface area contributed by atoms with Crippen LogP contribution in [0.3, 0.4) is 0 Å². The zero-order valence-corrected chi connectivity index (χ0v) is 10.4. The number of nitrogens with one attached hydrogen (secondary N) is 2. The predicted octanol–water partition coefficient (Wildman–Crippen LogP) is 2.33. The minimum Gasteiger partial charge on any atom is -0.382 e. The molecule has 0 unspecified atom stereocenters. The molecular formula is C11H15F2N3O3. The van der Waals surface area contributed by atoms with Gasteiger partial charge < -0.3 is 15.4 Å². The number of rotatable bonds is 8. The van der Waals surface area contributed by atoms with Gasteiger partial charge in [0.2, 0.25) is 0 Å². The summed E-state index contributed by atoms with van der Waals surface area (Å²) in [6, 6.07) is 4.78. The average molecular weight is 275 g/mol. The summed E-state index contributed by atoms with van der Waals surface area (Å²) in [6.45, 7) is -0.383. The van der Waals surface area contributed by atoms with Gasteiger partial charge >= 0.3 is 5.69 Å². The average Bonchev–Trinajstić information content (AvgIpc) is 2.37. The molecule has 1 aromatic rings. The lowest BCUT2D eigenvalue weighted by Gasteiger charge is -2.10. The maximum Gasteiger partial charge on any atom is 0.315 e. The van der Waals surface area contributed by atoms with Gasteiger partial charge in [0.15, 0.2) is 0 Å². The van der Waals surface area contributed by atoms with E-state index in [4.69, 9.17) is 0 Å². The third-order valence-electron chi connectivity index (χ3n) is 2.29. The second kappa shape index (κ2) is 7.47. The Bertz CT molecular complexity index is 430. The van der Waals surface area contributed by atoms with Crippen molar-refractivity contribution in [2.75, 3.05) is 37.4 Å². The quantitative estimate of drug-likeness (QED) is 0.432. The minimum absolute atomic E-state index is 0.0469. The highest BCUT2D eigenvalue weighted by atomic mass is 19.3. The van der Waals surface area contributed by atoms with E-state index in [1.54, 1.807) is 25.2 Å². The number of benzene rings is 1. The van der Waals surface area contributed by atoms with E-state index in [9.17, 15) is 18.9 Å². The maximum atomic E-state index is 11.8. The number of nitro benzene ring substituents is 1. The molecule has 1 rings (SSSR count).